The van der Waals surface area contributed by atoms with E-state index in [2.05, 4.69) is 36.4 Å². The molecule has 0 amide bonds. The Hall–Kier alpha value is -3.14. The smallest absolute Gasteiger partial charge is 0.177 e. The van der Waals surface area contributed by atoms with Gasteiger partial charge in [-0.3, -0.25) is 0 Å². The molecule has 0 spiro atoms. The lowest BCUT2D eigenvalue weighted by Crippen LogP contribution is -3.00. The number of halogens is 1. The second-order valence-electron chi connectivity index (χ2n) is 7.00. The number of aliphatic hydroxyl groups is 1. The van der Waals surface area contributed by atoms with Crippen molar-refractivity contribution in [2.75, 3.05) is 6.61 Å². The first-order chi connectivity index (χ1) is 14.3. The number of nitrogens with zero attached hydrogens (tertiary/aromatic N) is 1. The highest BCUT2D eigenvalue weighted by molar-refractivity contribution is 5.64. The van der Waals surface area contributed by atoms with Gasteiger partial charge in [0.25, 0.3) is 0 Å². The normalized spacial score (nSPS) is 11.4. The van der Waals surface area contributed by atoms with Gasteiger partial charge < -0.3 is 22.3 Å². The van der Waals surface area contributed by atoms with Crippen molar-refractivity contribution in [1.82, 2.24) is 0 Å². The average molecular weight is 418 g/mol. The van der Waals surface area contributed by atoms with Crippen LogP contribution in [0.1, 0.15) is 0 Å². The predicted molar refractivity (Wildman–Crippen MR) is 115 cm³/mol. The van der Waals surface area contributed by atoms with Crippen LogP contribution in [0, 0.1) is 0 Å². The standard InChI is InChI=1S/C26H24NO2.ClH/c28-25(19-27-17-15-24(16-18-27)22-9-5-2-6-10-22)20-29-26-13-11-23(12-14-26)21-7-3-1-4-8-21;/h1-18,25,28H,19-20H2;1H/q+1;/p-1. The summed E-state index contributed by atoms with van der Waals surface area (Å²) in [5.41, 5.74) is 4.66. The lowest BCUT2D eigenvalue weighted by atomic mass is 10.1. The van der Waals surface area contributed by atoms with Crippen LogP contribution in [-0.4, -0.2) is 17.8 Å². The molecule has 0 aliphatic rings. The third-order valence-electron chi connectivity index (χ3n) is 4.82. The first-order valence-electron chi connectivity index (χ1n) is 9.79. The fourth-order valence-electron chi connectivity index (χ4n) is 3.26. The molecule has 1 atom stereocenters. The summed E-state index contributed by atoms with van der Waals surface area (Å²) in [5.74, 6) is 0.758. The minimum atomic E-state index is -0.587. The maximum Gasteiger partial charge on any atom is 0.177 e. The van der Waals surface area contributed by atoms with Crippen molar-refractivity contribution in [1.29, 1.82) is 0 Å². The van der Waals surface area contributed by atoms with Crippen LogP contribution in [0.4, 0.5) is 0 Å². The van der Waals surface area contributed by atoms with E-state index in [1.807, 2.05) is 77.6 Å². The zero-order valence-electron chi connectivity index (χ0n) is 16.6. The molecule has 1 heterocycles. The van der Waals surface area contributed by atoms with Crippen LogP contribution in [0.2, 0.25) is 0 Å². The molecular weight excluding hydrogens is 394 g/mol. The van der Waals surface area contributed by atoms with Crippen molar-refractivity contribution in [3.05, 3.63) is 109 Å². The summed E-state index contributed by atoms with van der Waals surface area (Å²) in [6, 6.07) is 32.6. The van der Waals surface area contributed by atoms with E-state index >= 15 is 0 Å². The summed E-state index contributed by atoms with van der Waals surface area (Å²) in [6.07, 6.45) is 3.39. The first-order valence-corrected chi connectivity index (χ1v) is 9.79. The van der Waals surface area contributed by atoms with Crippen molar-refractivity contribution < 1.29 is 26.8 Å². The number of pyridine rings is 1. The SMILES string of the molecule is OC(COc1ccc(-c2ccccc2)cc1)C[n+]1ccc(-c2ccccc2)cc1.[Cl-]. The van der Waals surface area contributed by atoms with Crippen LogP contribution in [0.15, 0.2) is 109 Å². The second kappa shape index (κ2) is 10.6. The number of aliphatic hydroxyl groups excluding tert-OH is 1. The molecule has 0 saturated heterocycles. The quantitative estimate of drug-likeness (QED) is 0.465. The van der Waals surface area contributed by atoms with Crippen LogP contribution in [-0.2, 0) is 6.54 Å². The van der Waals surface area contributed by atoms with E-state index in [1.165, 1.54) is 11.1 Å². The maximum atomic E-state index is 10.3. The third kappa shape index (κ3) is 5.69. The van der Waals surface area contributed by atoms with Crippen LogP contribution in [0.5, 0.6) is 5.75 Å². The minimum absolute atomic E-state index is 0. The molecule has 30 heavy (non-hydrogen) atoms. The molecule has 152 valence electrons. The van der Waals surface area contributed by atoms with Crippen molar-refractivity contribution in [3.8, 4) is 28.0 Å². The van der Waals surface area contributed by atoms with Crippen molar-refractivity contribution in [3.63, 3.8) is 0 Å². The van der Waals surface area contributed by atoms with Gasteiger partial charge in [0.05, 0.1) is 0 Å². The Morgan fingerprint density at radius 2 is 1.10 bits per heavy atom. The molecule has 0 radical (unpaired) electrons. The van der Waals surface area contributed by atoms with E-state index in [9.17, 15) is 5.11 Å². The molecule has 0 bridgehead atoms. The van der Waals surface area contributed by atoms with Crippen molar-refractivity contribution in [2.24, 2.45) is 0 Å². The van der Waals surface area contributed by atoms with E-state index < -0.39 is 6.10 Å². The predicted octanol–water partition coefficient (Wildman–Crippen LogP) is 1.75. The molecule has 1 N–H and O–H groups in total. The van der Waals surface area contributed by atoms with E-state index in [0.29, 0.717) is 6.54 Å². The fraction of sp³-hybridized carbons (Fsp3) is 0.115. The van der Waals surface area contributed by atoms with Gasteiger partial charge in [-0.25, -0.2) is 4.57 Å². The number of benzene rings is 3. The lowest BCUT2D eigenvalue weighted by Gasteiger charge is -2.11. The Morgan fingerprint density at radius 3 is 1.63 bits per heavy atom. The summed E-state index contributed by atoms with van der Waals surface area (Å²) >= 11 is 0. The molecule has 0 aliphatic carbocycles. The van der Waals surface area contributed by atoms with Gasteiger partial charge in [-0.05, 0) is 34.4 Å². The maximum absolute atomic E-state index is 10.3. The molecule has 4 rings (SSSR count). The van der Waals surface area contributed by atoms with Crippen LogP contribution < -0.4 is 21.7 Å². The number of aromatic nitrogens is 1. The summed E-state index contributed by atoms with van der Waals surface area (Å²) in [6.45, 7) is 0.731. The molecular formula is C26H24ClNO2. The van der Waals surface area contributed by atoms with E-state index in [0.717, 1.165) is 16.9 Å². The molecule has 0 saturated carbocycles. The van der Waals surface area contributed by atoms with Gasteiger partial charge in [0, 0.05) is 12.1 Å². The van der Waals surface area contributed by atoms with Crippen LogP contribution >= 0.6 is 0 Å². The van der Waals surface area contributed by atoms with Gasteiger partial charge in [-0.2, -0.15) is 0 Å². The number of hydrogen-bond donors (Lipinski definition) is 1. The van der Waals surface area contributed by atoms with E-state index in [4.69, 9.17) is 4.74 Å². The zero-order chi connectivity index (χ0) is 19.9. The topological polar surface area (TPSA) is 33.3 Å². The van der Waals surface area contributed by atoms with Gasteiger partial charge in [-0.15, -0.1) is 0 Å². The highest BCUT2D eigenvalue weighted by Crippen LogP contribution is 2.22. The summed E-state index contributed by atoms with van der Waals surface area (Å²) in [5, 5.41) is 10.3. The van der Waals surface area contributed by atoms with E-state index in [-0.39, 0.29) is 19.0 Å². The molecule has 0 fully saturated rings. The number of ether oxygens (including phenoxy) is 1. The molecule has 4 aromatic rings. The fourth-order valence-corrected chi connectivity index (χ4v) is 3.26. The molecule has 4 heteroatoms. The Kier molecular flexibility index (Phi) is 7.61. The third-order valence-corrected chi connectivity index (χ3v) is 4.82. The van der Waals surface area contributed by atoms with Gasteiger partial charge in [0.15, 0.2) is 18.9 Å². The van der Waals surface area contributed by atoms with E-state index in [1.54, 1.807) is 0 Å². The van der Waals surface area contributed by atoms with Crippen LogP contribution in [0.3, 0.4) is 0 Å². The Balaban J connectivity index is 0.00000256. The molecule has 1 unspecified atom stereocenters. The summed E-state index contributed by atoms with van der Waals surface area (Å²) in [4.78, 5) is 0. The Bertz CT molecular complexity index is 1020. The average Bonchev–Trinajstić information content (AvgIpc) is 2.80. The zero-order valence-corrected chi connectivity index (χ0v) is 17.3. The molecule has 3 aromatic carbocycles. The molecule has 0 aliphatic heterocycles. The minimum Gasteiger partial charge on any atom is -1.00 e. The highest BCUT2D eigenvalue weighted by atomic mass is 35.5. The van der Waals surface area contributed by atoms with Gasteiger partial charge >= 0.3 is 0 Å². The summed E-state index contributed by atoms with van der Waals surface area (Å²) < 4.78 is 7.73. The molecule has 3 nitrogen and oxygen atoms in total. The van der Waals surface area contributed by atoms with Gasteiger partial charge in [-0.1, -0.05) is 72.8 Å². The van der Waals surface area contributed by atoms with Gasteiger partial charge in [0.1, 0.15) is 18.5 Å². The lowest BCUT2D eigenvalue weighted by molar-refractivity contribution is -0.703. The Morgan fingerprint density at radius 1 is 0.633 bits per heavy atom. The monoisotopic (exact) mass is 417 g/mol. The molecule has 1 aromatic heterocycles. The summed E-state index contributed by atoms with van der Waals surface area (Å²) in [7, 11) is 0. The number of hydrogen-bond acceptors (Lipinski definition) is 2. The first kappa shape index (κ1) is 21.6. The highest BCUT2D eigenvalue weighted by Gasteiger charge is 2.12. The van der Waals surface area contributed by atoms with Crippen LogP contribution in [0.25, 0.3) is 22.3 Å². The Labute approximate surface area is 183 Å². The number of rotatable bonds is 7. The van der Waals surface area contributed by atoms with Crippen molar-refractivity contribution >= 4 is 0 Å². The second-order valence-corrected chi connectivity index (χ2v) is 7.00. The van der Waals surface area contributed by atoms with Gasteiger partial charge in [0.2, 0.25) is 0 Å². The van der Waals surface area contributed by atoms with Crippen molar-refractivity contribution in [2.45, 2.75) is 12.6 Å². The largest absolute Gasteiger partial charge is 1.00 e.